The van der Waals surface area contributed by atoms with E-state index in [0.717, 1.165) is 5.56 Å². The van der Waals surface area contributed by atoms with Crippen LogP contribution in [0.5, 0.6) is 5.75 Å². The van der Waals surface area contributed by atoms with Gasteiger partial charge in [0.2, 0.25) is 0 Å². The van der Waals surface area contributed by atoms with Gasteiger partial charge in [0.1, 0.15) is 5.75 Å². The number of ether oxygens (including phenoxy) is 1. The summed E-state index contributed by atoms with van der Waals surface area (Å²) >= 11 is 0. The molecule has 0 aliphatic heterocycles. The number of hydrogen-bond donors (Lipinski definition) is 0. The van der Waals surface area contributed by atoms with E-state index >= 15 is 0 Å². The van der Waals surface area contributed by atoms with Crippen molar-refractivity contribution in [3.8, 4) is 5.75 Å². The fraction of sp³-hybridized carbons (Fsp3) is 0.0952. The van der Waals surface area contributed by atoms with Gasteiger partial charge in [0.25, 0.3) is 10.0 Å². The Kier molecular flexibility index (Phi) is 5.57. The van der Waals surface area contributed by atoms with Gasteiger partial charge in [0.15, 0.2) is 0 Å². The SMILES string of the molecule is CN(c1ccc(OC(=O)Cc2ccccc2)cc1)S(=O)(=O)c1ccccc1. The van der Waals surface area contributed by atoms with Crippen LogP contribution in [0.15, 0.2) is 89.8 Å². The number of esters is 1. The van der Waals surface area contributed by atoms with E-state index in [1.165, 1.54) is 11.4 Å². The summed E-state index contributed by atoms with van der Waals surface area (Å²) in [5.41, 5.74) is 1.34. The second kappa shape index (κ2) is 8.05. The molecule has 0 bridgehead atoms. The summed E-state index contributed by atoms with van der Waals surface area (Å²) in [5.74, 6) is -0.00981. The van der Waals surface area contributed by atoms with Gasteiger partial charge in [-0.1, -0.05) is 48.5 Å². The summed E-state index contributed by atoms with van der Waals surface area (Å²) in [4.78, 5) is 12.2. The van der Waals surface area contributed by atoms with Gasteiger partial charge in [-0.2, -0.15) is 0 Å². The number of carbonyl (C=O) groups excluding carboxylic acids is 1. The first kappa shape index (κ1) is 18.7. The maximum absolute atomic E-state index is 12.6. The van der Waals surface area contributed by atoms with E-state index in [1.807, 2.05) is 30.3 Å². The Morgan fingerprint density at radius 3 is 2.00 bits per heavy atom. The Morgan fingerprint density at radius 2 is 1.41 bits per heavy atom. The van der Waals surface area contributed by atoms with E-state index in [0.29, 0.717) is 11.4 Å². The minimum atomic E-state index is -3.64. The quantitative estimate of drug-likeness (QED) is 0.483. The number of hydrogen-bond acceptors (Lipinski definition) is 4. The van der Waals surface area contributed by atoms with Crippen molar-refractivity contribution in [2.45, 2.75) is 11.3 Å². The van der Waals surface area contributed by atoms with E-state index in [2.05, 4.69) is 0 Å². The lowest BCUT2D eigenvalue weighted by atomic mass is 10.2. The van der Waals surface area contributed by atoms with Crippen LogP contribution < -0.4 is 9.04 Å². The van der Waals surface area contributed by atoms with Crippen molar-refractivity contribution < 1.29 is 17.9 Å². The average molecular weight is 381 g/mol. The van der Waals surface area contributed by atoms with E-state index < -0.39 is 10.0 Å². The summed E-state index contributed by atoms with van der Waals surface area (Å²) in [6.45, 7) is 0. The molecule has 0 saturated carbocycles. The van der Waals surface area contributed by atoms with Crippen LogP contribution in [-0.2, 0) is 21.2 Å². The molecular formula is C21H19NO4S. The number of nitrogens with zero attached hydrogens (tertiary/aromatic N) is 1. The highest BCUT2D eigenvalue weighted by atomic mass is 32.2. The van der Waals surface area contributed by atoms with Crippen LogP contribution in [0.3, 0.4) is 0 Å². The molecule has 0 aromatic heterocycles. The molecule has 0 N–H and O–H groups in total. The lowest BCUT2D eigenvalue weighted by Gasteiger charge is -2.19. The first-order valence-corrected chi connectivity index (χ1v) is 9.79. The lowest BCUT2D eigenvalue weighted by Crippen LogP contribution is -2.26. The molecule has 0 unspecified atom stereocenters. The molecule has 0 aliphatic rings. The molecule has 5 nitrogen and oxygen atoms in total. The highest BCUT2D eigenvalue weighted by Crippen LogP contribution is 2.24. The normalized spacial score (nSPS) is 11.0. The van der Waals surface area contributed by atoms with Gasteiger partial charge in [-0.25, -0.2) is 8.42 Å². The minimum Gasteiger partial charge on any atom is -0.426 e. The number of benzene rings is 3. The van der Waals surface area contributed by atoms with Crippen LogP contribution in [0.25, 0.3) is 0 Å². The standard InChI is InChI=1S/C21H19NO4S/c1-22(27(24,25)20-10-6-3-7-11-20)18-12-14-19(15-13-18)26-21(23)16-17-8-4-2-5-9-17/h2-15H,16H2,1H3. The summed E-state index contributed by atoms with van der Waals surface area (Å²) in [6.07, 6.45) is 0.172. The zero-order valence-corrected chi connectivity index (χ0v) is 15.6. The van der Waals surface area contributed by atoms with Crippen molar-refractivity contribution in [3.05, 3.63) is 90.5 Å². The number of rotatable bonds is 6. The predicted molar refractivity (Wildman–Crippen MR) is 104 cm³/mol. The molecule has 0 spiro atoms. The molecule has 0 saturated heterocycles. The molecule has 3 aromatic carbocycles. The molecule has 0 amide bonds. The summed E-state index contributed by atoms with van der Waals surface area (Å²) in [6, 6.07) is 23.9. The van der Waals surface area contributed by atoms with Crippen LogP contribution in [0.4, 0.5) is 5.69 Å². The van der Waals surface area contributed by atoms with Crippen molar-refractivity contribution >= 4 is 21.7 Å². The van der Waals surface area contributed by atoms with Gasteiger partial charge in [-0.15, -0.1) is 0 Å². The highest BCUT2D eigenvalue weighted by molar-refractivity contribution is 7.92. The zero-order chi connectivity index (χ0) is 19.3. The number of anilines is 1. The molecule has 27 heavy (non-hydrogen) atoms. The lowest BCUT2D eigenvalue weighted by molar-refractivity contribution is -0.133. The Morgan fingerprint density at radius 1 is 0.852 bits per heavy atom. The summed E-state index contributed by atoms with van der Waals surface area (Å²) in [7, 11) is -2.16. The van der Waals surface area contributed by atoms with E-state index in [1.54, 1.807) is 54.6 Å². The van der Waals surface area contributed by atoms with Crippen molar-refractivity contribution in [1.29, 1.82) is 0 Å². The molecule has 138 valence electrons. The fourth-order valence-electron chi connectivity index (χ4n) is 2.54. The third-order valence-corrected chi connectivity index (χ3v) is 5.82. The molecule has 3 aromatic rings. The first-order valence-electron chi connectivity index (χ1n) is 8.35. The van der Waals surface area contributed by atoms with Gasteiger partial charge >= 0.3 is 5.97 Å². The third kappa shape index (κ3) is 4.54. The number of sulfonamides is 1. The topological polar surface area (TPSA) is 63.7 Å². The summed E-state index contributed by atoms with van der Waals surface area (Å²) < 4.78 is 31.8. The second-order valence-electron chi connectivity index (χ2n) is 5.92. The molecule has 3 rings (SSSR count). The largest absolute Gasteiger partial charge is 0.426 e. The van der Waals surface area contributed by atoms with Gasteiger partial charge in [-0.3, -0.25) is 9.10 Å². The van der Waals surface area contributed by atoms with Crippen molar-refractivity contribution in [2.75, 3.05) is 11.4 Å². The van der Waals surface area contributed by atoms with Gasteiger partial charge in [-0.05, 0) is 42.0 Å². The Labute approximate surface area is 158 Å². The fourth-order valence-corrected chi connectivity index (χ4v) is 3.76. The van der Waals surface area contributed by atoms with Crippen LogP contribution in [0, 0.1) is 0 Å². The molecule has 0 heterocycles. The zero-order valence-electron chi connectivity index (χ0n) is 14.8. The average Bonchev–Trinajstić information content (AvgIpc) is 2.69. The Bertz CT molecular complexity index is 1000. The predicted octanol–water partition coefficient (Wildman–Crippen LogP) is 3.66. The van der Waals surface area contributed by atoms with Gasteiger partial charge in [0, 0.05) is 7.05 Å². The van der Waals surface area contributed by atoms with E-state index in [-0.39, 0.29) is 17.3 Å². The van der Waals surface area contributed by atoms with E-state index in [9.17, 15) is 13.2 Å². The van der Waals surface area contributed by atoms with Crippen molar-refractivity contribution in [3.63, 3.8) is 0 Å². The molecule has 0 atom stereocenters. The maximum Gasteiger partial charge on any atom is 0.315 e. The van der Waals surface area contributed by atoms with Crippen molar-refractivity contribution in [1.82, 2.24) is 0 Å². The summed E-state index contributed by atoms with van der Waals surface area (Å²) in [5, 5.41) is 0. The first-order chi connectivity index (χ1) is 13.0. The molecule has 6 heteroatoms. The minimum absolute atomic E-state index is 0.172. The second-order valence-corrected chi connectivity index (χ2v) is 7.89. The van der Waals surface area contributed by atoms with Crippen molar-refractivity contribution in [2.24, 2.45) is 0 Å². The monoisotopic (exact) mass is 381 g/mol. The van der Waals surface area contributed by atoms with E-state index in [4.69, 9.17) is 4.74 Å². The smallest absolute Gasteiger partial charge is 0.315 e. The Hall–Kier alpha value is -3.12. The molecular weight excluding hydrogens is 362 g/mol. The molecule has 0 radical (unpaired) electrons. The van der Waals surface area contributed by atoms with Crippen LogP contribution in [0.1, 0.15) is 5.56 Å². The molecule has 0 fully saturated rings. The molecule has 0 aliphatic carbocycles. The van der Waals surface area contributed by atoms with Crippen LogP contribution in [-0.4, -0.2) is 21.4 Å². The van der Waals surface area contributed by atoms with Crippen LogP contribution >= 0.6 is 0 Å². The highest BCUT2D eigenvalue weighted by Gasteiger charge is 2.20. The number of carbonyl (C=O) groups is 1. The Balaban J connectivity index is 1.69. The third-order valence-electron chi connectivity index (χ3n) is 4.02. The van der Waals surface area contributed by atoms with Gasteiger partial charge < -0.3 is 4.74 Å². The van der Waals surface area contributed by atoms with Crippen LogP contribution in [0.2, 0.25) is 0 Å². The maximum atomic E-state index is 12.6. The van der Waals surface area contributed by atoms with Gasteiger partial charge in [0.05, 0.1) is 17.0 Å².